The molecule has 0 amide bonds. The van der Waals surface area contributed by atoms with Crippen LogP contribution in [0.3, 0.4) is 0 Å². The number of esters is 1. The zero-order valence-electron chi connectivity index (χ0n) is 6.36. The lowest BCUT2D eigenvalue weighted by Gasteiger charge is -1.97. The lowest BCUT2D eigenvalue weighted by Crippen LogP contribution is -2.06. The highest BCUT2D eigenvalue weighted by Gasteiger charge is 2.07. The third-order valence-corrected chi connectivity index (χ3v) is 0.896. The fraction of sp³-hybridized carbons (Fsp3) is 0.500. The van der Waals surface area contributed by atoms with E-state index in [-0.39, 0.29) is 12.2 Å². The minimum absolute atomic E-state index is 0.00292. The number of carbonyl (C=O) groups excluding carboxylic acids is 1. The van der Waals surface area contributed by atoms with Gasteiger partial charge >= 0.3 is 5.97 Å². The van der Waals surface area contributed by atoms with Crippen LogP contribution in [-0.4, -0.2) is 17.5 Å². The van der Waals surface area contributed by atoms with E-state index in [4.69, 9.17) is 0 Å². The summed E-state index contributed by atoms with van der Waals surface area (Å²) in [6, 6.07) is 0. The first-order chi connectivity index (χ1) is 5.07. The summed E-state index contributed by atoms with van der Waals surface area (Å²) in [6.45, 7) is 3.19. The molecule has 0 aromatic heterocycles. The van der Waals surface area contributed by atoms with Crippen molar-refractivity contribution in [1.29, 1.82) is 0 Å². The molecule has 0 aromatic rings. The topological polar surface area (TPSA) is 69.4 Å². The monoisotopic (exact) mass is 159 g/mol. The van der Waals surface area contributed by atoms with Crippen molar-refractivity contribution >= 4 is 5.97 Å². The molecule has 0 heterocycles. The highest BCUT2D eigenvalue weighted by atomic mass is 16.6. The normalized spacial score (nSPS) is 10.9. The van der Waals surface area contributed by atoms with Crippen LogP contribution in [-0.2, 0) is 9.53 Å². The average molecular weight is 159 g/mol. The van der Waals surface area contributed by atoms with Gasteiger partial charge in [0.1, 0.15) is 5.57 Å². The van der Waals surface area contributed by atoms with Crippen molar-refractivity contribution in [1.82, 2.24) is 0 Å². The lowest BCUT2D eigenvalue weighted by molar-refractivity contribution is -0.403. The molecule has 0 N–H and O–H groups in total. The Balaban J connectivity index is 4.12. The van der Waals surface area contributed by atoms with Gasteiger partial charge in [0.05, 0.1) is 11.5 Å². The molecule has 0 radical (unpaired) electrons. The van der Waals surface area contributed by atoms with Gasteiger partial charge in [-0.05, 0) is 13.8 Å². The number of carbonyl (C=O) groups is 1. The van der Waals surface area contributed by atoms with Crippen LogP contribution in [0.15, 0.2) is 11.8 Å². The fourth-order valence-corrected chi connectivity index (χ4v) is 0.456. The highest BCUT2D eigenvalue weighted by Crippen LogP contribution is 1.95. The second-order valence-electron chi connectivity index (χ2n) is 1.82. The van der Waals surface area contributed by atoms with Crippen molar-refractivity contribution in [2.45, 2.75) is 13.8 Å². The molecule has 11 heavy (non-hydrogen) atoms. The third-order valence-electron chi connectivity index (χ3n) is 0.896. The van der Waals surface area contributed by atoms with Crippen LogP contribution < -0.4 is 0 Å². The SMILES string of the molecule is CCOC(=O)C(C)=C[N+](=O)[O-]. The Kier molecular flexibility index (Phi) is 3.87. The molecule has 0 atom stereocenters. The van der Waals surface area contributed by atoms with E-state index in [1.54, 1.807) is 6.92 Å². The largest absolute Gasteiger partial charge is 0.462 e. The third kappa shape index (κ3) is 4.07. The molecule has 5 heteroatoms. The van der Waals surface area contributed by atoms with E-state index in [1.807, 2.05) is 0 Å². The Morgan fingerprint density at radius 2 is 2.27 bits per heavy atom. The molecule has 0 unspecified atom stereocenters. The number of hydrogen-bond acceptors (Lipinski definition) is 4. The Hall–Kier alpha value is -1.39. The maximum absolute atomic E-state index is 10.7. The summed E-state index contributed by atoms with van der Waals surface area (Å²) < 4.78 is 4.49. The average Bonchev–Trinajstić information content (AvgIpc) is 1.86. The van der Waals surface area contributed by atoms with Gasteiger partial charge < -0.3 is 4.74 Å². The molecule has 62 valence electrons. The van der Waals surface area contributed by atoms with Crippen LogP contribution in [0.4, 0.5) is 0 Å². The van der Waals surface area contributed by atoms with Crippen LogP contribution in [0, 0.1) is 10.1 Å². The summed E-state index contributed by atoms with van der Waals surface area (Å²) >= 11 is 0. The van der Waals surface area contributed by atoms with Crippen LogP contribution in [0.1, 0.15) is 13.8 Å². The van der Waals surface area contributed by atoms with E-state index in [9.17, 15) is 14.9 Å². The van der Waals surface area contributed by atoms with Crippen molar-refractivity contribution in [2.24, 2.45) is 0 Å². The van der Waals surface area contributed by atoms with Gasteiger partial charge in [0.15, 0.2) is 0 Å². The molecule has 0 fully saturated rings. The maximum atomic E-state index is 10.7. The second-order valence-corrected chi connectivity index (χ2v) is 1.82. The van der Waals surface area contributed by atoms with Gasteiger partial charge in [0.2, 0.25) is 6.20 Å². The van der Waals surface area contributed by atoms with E-state index in [0.29, 0.717) is 6.20 Å². The van der Waals surface area contributed by atoms with Gasteiger partial charge in [-0.3, -0.25) is 10.1 Å². The predicted octanol–water partition coefficient (Wildman–Crippen LogP) is 0.730. The van der Waals surface area contributed by atoms with Gasteiger partial charge in [0.25, 0.3) is 0 Å². The highest BCUT2D eigenvalue weighted by molar-refractivity contribution is 5.87. The first-order valence-corrected chi connectivity index (χ1v) is 3.07. The summed E-state index contributed by atoms with van der Waals surface area (Å²) in [7, 11) is 0. The lowest BCUT2D eigenvalue weighted by atomic mass is 10.3. The summed E-state index contributed by atoms with van der Waals surface area (Å²) in [5.41, 5.74) is -0.00292. The zero-order chi connectivity index (χ0) is 8.85. The summed E-state index contributed by atoms with van der Waals surface area (Å²) in [5, 5.41) is 9.84. The van der Waals surface area contributed by atoms with Crippen LogP contribution in [0.5, 0.6) is 0 Å². The Morgan fingerprint density at radius 1 is 1.73 bits per heavy atom. The number of ether oxygens (including phenoxy) is 1. The molecule has 0 aliphatic heterocycles. The quantitative estimate of drug-likeness (QED) is 0.263. The molecule has 5 nitrogen and oxygen atoms in total. The summed E-state index contributed by atoms with van der Waals surface area (Å²) in [5.74, 6) is -0.649. The molecule has 0 aromatic carbocycles. The molecule has 0 rings (SSSR count). The zero-order valence-corrected chi connectivity index (χ0v) is 6.36. The molecule has 0 aliphatic rings. The van der Waals surface area contributed by atoms with Gasteiger partial charge in [-0.1, -0.05) is 0 Å². The van der Waals surface area contributed by atoms with E-state index in [0.717, 1.165) is 0 Å². The van der Waals surface area contributed by atoms with Gasteiger partial charge in [-0.25, -0.2) is 4.79 Å². The second kappa shape index (κ2) is 4.43. The van der Waals surface area contributed by atoms with Crippen LogP contribution >= 0.6 is 0 Å². The molecular weight excluding hydrogens is 150 g/mol. The molecule has 0 saturated carbocycles. The van der Waals surface area contributed by atoms with E-state index in [2.05, 4.69) is 4.74 Å². The number of hydrogen-bond donors (Lipinski definition) is 0. The molecule has 0 spiro atoms. The van der Waals surface area contributed by atoms with Crippen molar-refractivity contribution in [3.63, 3.8) is 0 Å². The molecule has 0 saturated heterocycles. The molecule has 0 aliphatic carbocycles. The number of nitro groups is 1. The van der Waals surface area contributed by atoms with Crippen molar-refractivity contribution < 1.29 is 14.5 Å². The van der Waals surface area contributed by atoms with Crippen molar-refractivity contribution in [2.75, 3.05) is 6.61 Å². The van der Waals surface area contributed by atoms with Crippen molar-refractivity contribution in [3.8, 4) is 0 Å². The van der Waals surface area contributed by atoms with E-state index in [1.165, 1.54) is 6.92 Å². The Morgan fingerprint density at radius 3 is 2.64 bits per heavy atom. The van der Waals surface area contributed by atoms with Gasteiger partial charge in [0, 0.05) is 0 Å². The summed E-state index contributed by atoms with van der Waals surface area (Å²) in [4.78, 5) is 19.8. The maximum Gasteiger partial charge on any atom is 0.339 e. The van der Waals surface area contributed by atoms with Crippen LogP contribution in [0.2, 0.25) is 0 Å². The Labute approximate surface area is 63.8 Å². The standard InChI is InChI=1S/C6H9NO4/c1-3-11-6(8)5(2)4-7(9)10/h4H,3H2,1-2H3. The van der Waals surface area contributed by atoms with Crippen LogP contribution in [0.25, 0.3) is 0 Å². The first kappa shape index (κ1) is 9.61. The predicted molar refractivity (Wildman–Crippen MR) is 37.4 cm³/mol. The molecular formula is C6H9NO4. The minimum Gasteiger partial charge on any atom is -0.462 e. The van der Waals surface area contributed by atoms with Crippen molar-refractivity contribution in [3.05, 3.63) is 21.9 Å². The molecule has 0 bridgehead atoms. The van der Waals surface area contributed by atoms with E-state index >= 15 is 0 Å². The van der Waals surface area contributed by atoms with E-state index < -0.39 is 10.9 Å². The first-order valence-electron chi connectivity index (χ1n) is 3.07. The van der Waals surface area contributed by atoms with Gasteiger partial charge in [-0.15, -0.1) is 0 Å². The fourth-order valence-electron chi connectivity index (χ4n) is 0.456. The smallest absolute Gasteiger partial charge is 0.339 e. The number of rotatable bonds is 3. The van der Waals surface area contributed by atoms with Gasteiger partial charge in [-0.2, -0.15) is 0 Å². The summed E-state index contributed by atoms with van der Waals surface area (Å²) in [6.07, 6.45) is 0.623. The Bertz CT molecular complexity index is 197. The number of nitrogens with zero attached hydrogens (tertiary/aromatic N) is 1. The minimum atomic E-state index is -0.688.